The van der Waals surface area contributed by atoms with Gasteiger partial charge < -0.3 is 0 Å². The van der Waals surface area contributed by atoms with Crippen LogP contribution in [-0.2, 0) is 0 Å². The van der Waals surface area contributed by atoms with Crippen LogP contribution in [0.25, 0.3) is 0 Å². The molecule has 1 atom stereocenters. The molecule has 1 saturated heterocycles. The molecule has 4 nitrogen and oxygen atoms in total. The highest BCUT2D eigenvalue weighted by molar-refractivity contribution is 8.03. The van der Waals surface area contributed by atoms with Crippen LogP contribution in [0.5, 0.6) is 0 Å². The van der Waals surface area contributed by atoms with Crippen LogP contribution >= 0.6 is 70.0 Å². The molecule has 0 bridgehead atoms. The summed E-state index contributed by atoms with van der Waals surface area (Å²) < 4.78 is -0.441. The average molecular weight is 424 g/mol. The lowest BCUT2D eigenvalue weighted by Crippen LogP contribution is -2.37. The fourth-order valence-corrected chi connectivity index (χ4v) is 3.77. The van der Waals surface area contributed by atoms with Crippen molar-refractivity contribution in [3.8, 4) is 0 Å². The Hall–Kier alpha value is 0.250. The molecule has 1 aromatic rings. The van der Waals surface area contributed by atoms with E-state index in [1.807, 2.05) is 6.92 Å². The number of nitrogens with zero attached hydrogens (tertiary/aromatic N) is 2. The minimum atomic E-state index is -1.65. The number of amides is 2. The van der Waals surface area contributed by atoms with Crippen LogP contribution in [0.4, 0.5) is 10.5 Å². The van der Waals surface area contributed by atoms with Gasteiger partial charge in [-0.1, -0.05) is 71.3 Å². The Labute approximate surface area is 158 Å². The van der Waals surface area contributed by atoms with Gasteiger partial charge in [-0.3, -0.25) is 4.90 Å². The van der Waals surface area contributed by atoms with E-state index in [2.05, 4.69) is 5.43 Å². The number of rotatable bonds is 4. The summed E-state index contributed by atoms with van der Waals surface area (Å²) >= 11 is 30.0. The molecule has 122 valence electrons. The zero-order chi connectivity index (χ0) is 16.5. The molecule has 2 rings (SSSR count). The molecular formula is C12H12Cl5N3OS. The summed E-state index contributed by atoms with van der Waals surface area (Å²) in [5.74, 6) is 0. The summed E-state index contributed by atoms with van der Waals surface area (Å²) in [4.78, 5) is 14.1. The minimum absolute atomic E-state index is 0.271. The number of carbonyl (C=O) groups excluding carboxylic acids is 1. The van der Waals surface area contributed by atoms with Gasteiger partial charge in [0.1, 0.15) is 6.17 Å². The summed E-state index contributed by atoms with van der Waals surface area (Å²) in [7, 11) is 0. The Balaban J connectivity index is 2.32. The van der Waals surface area contributed by atoms with Crippen molar-refractivity contribution in [1.29, 1.82) is 0 Å². The second kappa shape index (κ2) is 7.43. The molecule has 0 saturated carbocycles. The van der Waals surface area contributed by atoms with E-state index in [0.717, 1.165) is 18.4 Å². The van der Waals surface area contributed by atoms with E-state index in [9.17, 15) is 4.79 Å². The summed E-state index contributed by atoms with van der Waals surface area (Å²) in [5, 5.41) is 0.885. The average Bonchev–Trinajstić information content (AvgIpc) is 2.63. The van der Waals surface area contributed by atoms with Gasteiger partial charge in [-0.05, 0) is 24.6 Å². The standard InChI is InChI=1S/C12H12Cl5N3OS/c1-2-3-10-18-20(22-12(15,16)17)11(21)19(10)9-5-7(13)4-8(14)6-9/h4-6,10,18H,2-3H2,1H3. The maximum absolute atomic E-state index is 12.6. The van der Waals surface area contributed by atoms with E-state index in [1.165, 1.54) is 4.41 Å². The van der Waals surface area contributed by atoms with Crippen LogP contribution in [0.2, 0.25) is 10.0 Å². The molecule has 2 amide bonds. The number of anilines is 1. The molecule has 1 aliphatic heterocycles. The van der Waals surface area contributed by atoms with Crippen LogP contribution in [0.15, 0.2) is 18.2 Å². The molecular weight excluding hydrogens is 411 g/mol. The lowest BCUT2D eigenvalue weighted by Gasteiger charge is -2.22. The molecule has 1 N–H and O–H groups in total. The quantitative estimate of drug-likeness (QED) is 0.488. The first-order valence-corrected chi connectivity index (χ1v) is 8.99. The van der Waals surface area contributed by atoms with E-state index < -0.39 is 3.12 Å². The zero-order valence-corrected chi connectivity index (χ0v) is 15.9. The second-order valence-corrected chi connectivity index (χ2v) is 9.53. The maximum atomic E-state index is 12.6. The fourth-order valence-electron chi connectivity index (χ4n) is 2.08. The highest BCUT2D eigenvalue weighted by Gasteiger charge is 2.41. The van der Waals surface area contributed by atoms with Crippen molar-refractivity contribution in [3.63, 3.8) is 0 Å². The number of hydrogen-bond acceptors (Lipinski definition) is 3. The van der Waals surface area contributed by atoms with Gasteiger partial charge in [-0.2, -0.15) is 9.84 Å². The molecule has 1 heterocycles. The molecule has 0 radical (unpaired) electrons. The van der Waals surface area contributed by atoms with E-state index in [1.54, 1.807) is 23.1 Å². The normalized spacial score (nSPS) is 19.2. The Bertz CT molecular complexity index is 548. The summed E-state index contributed by atoms with van der Waals surface area (Å²) in [5.41, 5.74) is 3.60. The van der Waals surface area contributed by atoms with Crippen molar-refractivity contribution < 1.29 is 4.79 Å². The van der Waals surface area contributed by atoms with Crippen LogP contribution < -0.4 is 10.3 Å². The lowest BCUT2D eigenvalue weighted by molar-refractivity contribution is 0.236. The van der Waals surface area contributed by atoms with Gasteiger partial charge in [0.15, 0.2) is 0 Å². The number of benzene rings is 1. The Morgan fingerprint density at radius 1 is 1.23 bits per heavy atom. The number of alkyl halides is 3. The number of halogens is 5. The van der Waals surface area contributed by atoms with E-state index in [-0.39, 0.29) is 12.2 Å². The topological polar surface area (TPSA) is 35.6 Å². The van der Waals surface area contributed by atoms with Gasteiger partial charge in [0.25, 0.3) is 3.12 Å². The SMILES string of the molecule is CCCC1NN(SC(Cl)(Cl)Cl)C(=O)N1c1cc(Cl)cc(Cl)c1. The molecule has 22 heavy (non-hydrogen) atoms. The lowest BCUT2D eigenvalue weighted by atomic mass is 10.2. The zero-order valence-electron chi connectivity index (χ0n) is 11.3. The van der Waals surface area contributed by atoms with Crippen molar-refractivity contribution in [3.05, 3.63) is 28.2 Å². The van der Waals surface area contributed by atoms with Gasteiger partial charge in [0, 0.05) is 22.0 Å². The van der Waals surface area contributed by atoms with Gasteiger partial charge in [-0.15, -0.1) is 0 Å². The Morgan fingerprint density at radius 3 is 2.32 bits per heavy atom. The second-order valence-electron chi connectivity index (χ2n) is 4.55. The van der Waals surface area contributed by atoms with Crippen LogP contribution in [0, 0.1) is 0 Å². The van der Waals surface area contributed by atoms with Crippen molar-refractivity contribution >= 4 is 81.7 Å². The van der Waals surface area contributed by atoms with Gasteiger partial charge in [0.05, 0.1) is 5.69 Å². The number of urea groups is 1. The first-order valence-electron chi connectivity index (χ1n) is 6.32. The van der Waals surface area contributed by atoms with Gasteiger partial charge in [-0.25, -0.2) is 4.79 Å². The predicted octanol–water partition coefficient (Wildman–Crippen LogP) is 5.84. The molecule has 0 aliphatic carbocycles. The third-order valence-corrected chi connectivity index (χ3v) is 4.55. The number of hydrogen-bond donors (Lipinski definition) is 1. The third-order valence-electron chi connectivity index (χ3n) is 2.84. The van der Waals surface area contributed by atoms with Crippen molar-refractivity contribution in [2.45, 2.75) is 29.1 Å². The molecule has 1 unspecified atom stereocenters. The maximum Gasteiger partial charge on any atom is 0.350 e. The first kappa shape index (κ1) is 18.6. The minimum Gasteiger partial charge on any atom is -0.275 e. The van der Waals surface area contributed by atoms with Gasteiger partial charge in [0.2, 0.25) is 0 Å². The number of hydrazine groups is 1. The molecule has 1 fully saturated rings. The predicted molar refractivity (Wildman–Crippen MR) is 95.9 cm³/mol. The summed E-state index contributed by atoms with van der Waals surface area (Å²) in [6.07, 6.45) is 1.31. The summed E-state index contributed by atoms with van der Waals surface area (Å²) in [6, 6.07) is 4.58. The van der Waals surface area contributed by atoms with Crippen LogP contribution in [-0.4, -0.2) is 19.7 Å². The summed E-state index contributed by atoms with van der Waals surface area (Å²) in [6.45, 7) is 2.01. The van der Waals surface area contributed by atoms with Crippen molar-refractivity contribution in [1.82, 2.24) is 9.84 Å². The fraction of sp³-hybridized carbons (Fsp3) is 0.417. The molecule has 1 aromatic carbocycles. The highest BCUT2D eigenvalue weighted by atomic mass is 35.6. The molecule has 1 aliphatic rings. The molecule has 10 heteroatoms. The molecule has 0 aromatic heterocycles. The van der Waals surface area contributed by atoms with E-state index >= 15 is 0 Å². The first-order chi connectivity index (χ1) is 10.2. The molecule has 0 spiro atoms. The van der Waals surface area contributed by atoms with Crippen LogP contribution in [0.1, 0.15) is 19.8 Å². The third kappa shape index (κ3) is 4.63. The number of carbonyl (C=O) groups is 1. The number of nitrogens with one attached hydrogen (secondary N) is 1. The Kier molecular flexibility index (Phi) is 6.28. The van der Waals surface area contributed by atoms with Crippen molar-refractivity contribution in [2.75, 3.05) is 4.90 Å². The highest BCUT2D eigenvalue weighted by Crippen LogP contribution is 2.43. The van der Waals surface area contributed by atoms with Crippen molar-refractivity contribution in [2.24, 2.45) is 0 Å². The van der Waals surface area contributed by atoms with E-state index in [0.29, 0.717) is 22.2 Å². The Morgan fingerprint density at radius 2 is 1.82 bits per heavy atom. The monoisotopic (exact) mass is 421 g/mol. The smallest absolute Gasteiger partial charge is 0.275 e. The van der Waals surface area contributed by atoms with Crippen LogP contribution in [0.3, 0.4) is 0 Å². The largest absolute Gasteiger partial charge is 0.350 e. The van der Waals surface area contributed by atoms with Gasteiger partial charge >= 0.3 is 6.03 Å². The van der Waals surface area contributed by atoms with E-state index in [4.69, 9.17) is 58.0 Å².